The lowest BCUT2D eigenvalue weighted by atomic mass is 9.74. The van der Waals surface area contributed by atoms with Crippen molar-refractivity contribution in [3.63, 3.8) is 0 Å². The summed E-state index contributed by atoms with van der Waals surface area (Å²) in [5, 5.41) is 0. The first-order valence-corrected chi connectivity index (χ1v) is 9.90. The molecule has 4 rings (SSSR count). The SMILES string of the molecule is C=CC[C@@H]1C[C@@H](CC)[C@]2(c3ccccc3)OC[C@@H](c3ccccc3)N2C1=O. The molecule has 0 bridgehead atoms. The summed E-state index contributed by atoms with van der Waals surface area (Å²) < 4.78 is 6.58. The van der Waals surface area contributed by atoms with Crippen molar-refractivity contribution in [2.45, 2.75) is 38.0 Å². The number of piperidine rings is 1. The second-order valence-corrected chi connectivity index (χ2v) is 7.57. The largest absolute Gasteiger partial charge is 0.348 e. The highest BCUT2D eigenvalue weighted by atomic mass is 16.5. The van der Waals surface area contributed by atoms with Gasteiger partial charge >= 0.3 is 0 Å². The minimum atomic E-state index is -0.675. The molecule has 2 saturated heterocycles. The third-order valence-electron chi connectivity index (χ3n) is 6.16. The van der Waals surface area contributed by atoms with E-state index in [-0.39, 0.29) is 23.8 Å². The van der Waals surface area contributed by atoms with Crippen LogP contribution in [0.3, 0.4) is 0 Å². The Bertz CT molecular complexity index is 804. The Morgan fingerprint density at radius 3 is 2.44 bits per heavy atom. The first-order valence-electron chi connectivity index (χ1n) is 9.90. The van der Waals surface area contributed by atoms with Gasteiger partial charge in [-0.2, -0.15) is 0 Å². The molecule has 27 heavy (non-hydrogen) atoms. The highest BCUT2D eigenvalue weighted by molar-refractivity contribution is 5.82. The van der Waals surface area contributed by atoms with Crippen molar-refractivity contribution in [3.05, 3.63) is 84.4 Å². The summed E-state index contributed by atoms with van der Waals surface area (Å²) in [6, 6.07) is 20.5. The van der Waals surface area contributed by atoms with Gasteiger partial charge in [-0.3, -0.25) is 4.79 Å². The normalized spacial score (nSPS) is 30.2. The molecule has 3 heteroatoms. The van der Waals surface area contributed by atoms with E-state index in [1.807, 2.05) is 42.5 Å². The molecular weight excluding hydrogens is 334 g/mol. The third kappa shape index (κ3) is 2.81. The molecule has 2 aliphatic heterocycles. The van der Waals surface area contributed by atoms with Crippen molar-refractivity contribution >= 4 is 5.91 Å². The van der Waals surface area contributed by atoms with Crippen molar-refractivity contribution < 1.29 is 9.53 Å². The second kappa shape index (κ2) is 7.32. The summed E-state index contributed by atoms with van der Waals surface area (Å²) in [5.74, 6) is 0.434. The van der Waals surface area contributed by atoms with E-state index >= 15 is 0 Å². The van der Waals surface area contributed by atoms with E-state index in [1.54, 1.807) is 0 Å². The number of hydrogen-bond acceptors (Lipinski definition) is 2. The zero-order valence-electron chi connectivity index (χ0n) is 15.9. The maximum Gasteiger partial charge on any atom is 0.229 e. The molecule has 2 aromatic rings. The minimum absolute atomic E-state index is 0.0165. The van der Waals surface area contributed by atoms with Gasteiger partial charge in [0.2, 0.25) is 5.91 Å². The van der Waals surface area contributed by atoms with Crippen molar-refractivity contribution in [2.24, 2.45) is 11.8 Å². The van der Waals surface area contributed by atoms with Crippen LogP contribution in [-0.2, 0) is 15.3 Å². The lowest BCUT2D eigenvalue weighted by Crippen LogP contribution is -2.57. The molecule has 0 saturated carbocycles. The van der Waals surface area contributed by atoms with Crippen LogP contribution in [0.5, 0.6) is 0 Å². The van der Waals surface area contributed by atoms with Crippen LogP contribution in [0.15, 0.2) is 73.3 Å². The fraction of sp³-hybridized carbons (Fsp3) is 0.375. The van der Waals surface area contributed by atoms with Gasteiger partial charge in [0.15, 0.2) is 5.72 Å². The van der Waals surface area contributed by atoms with Crippen LogP contribution in [0.25, 0.3) is 0 Å². The number of ether oxygens (including phenoxy) is 1. The monoisotopic (exact) mass is 361 g/mol. The summed E-state index contributed by atoms with van der Waals surface area (Å²) in [7, 11) is 0. The molecule has 0 aromatic heterocycles. The number of hydrogen-bond donors (Lipinski definition) is 0. The Labute approximate surface area is 161 Å². The van der Waals surface area contributed by atoms with Crippen molar-refractivity contribution in [2.75, 3.05) is 6.61 Å². The van der Waals surface area contributed by atoms with Crippen LogP contribution in [0.1, 0.15) is 43.4 Å². The predicted octanol–water partition coefficient (Wildman–Crippen LogP) is 5.06. The molecule has 140 valence electrons. The van der Waals surface area contributed by atoms with E-state index in [1.165, 1.54) is 0 Å². The number of carbonyl (C=O) groups is 1. The summed E-state index contributed by atoms with van der Waals surface area (Å²) in [6.45, 7) is 6.61. The maximum atomic E-state index is 13.6. The summed E-state index contributed by atoms with van der Waals surface area (Å²) >= 11 is 0. The number of nitrogens with zero attached hydrogens (tertiary/aromatic N) is 1. The number of rotatable bonds is 5. The Hall–Kier alpha value is -2.39. The lowest BCUT2D eigenvalue weighted by Gasteiger charge is -2.50. The van der Waals surface area contributed by atoms with Gasteiger partial charge in [-0.15, -0.1) is 6.58 Å². The number of allylic oxidation sites excluding steroid dienone is 1. The van der Waals surface area contributed by atoms with Gasteiger partial charge in [0, 0.05) is 17.4 Å². The van der Waals surface area contributed by atoms with Gasteiger partial charge in [-0.25, -0.2) is 0 Å². The Morgan fingerprint density at radius 1 is 1.15 bits per heavy atom. The summed E-state index contributed by atoms with van der Waals surface area (Å²) in [5.41, 5.74) is 1.55. The zero-order valence-corrected chi connectivity index (χ0v) is 15.9. The van der Waals surface area contributed by atoms with E-state index in [0.717, 1.165) is 30.4 Å². The molecule has 1 amide bonds. The highest BCUT2D eigenvalue weighted by Crippen LogP contribution is 2.54. The van der Waals surface area contributed by atoms with E-state index in [4.69, 9.17) is 4.74 Å². The molecule has 2 aliphatic rings. The number of benzene rings is 2. The number of carbonyl (C=O) groups excluding carboxylic acids is 1. The molecule has 0 unspecified atom stereocenters. The molecule has 2 fully saturated rings. The van der Waals surface area contributed by atoms with Crippen LogP contribution in [0.4, 0.5) is 0 Å². The molecule has 0 spiro atoms. The van der Waals surface area contributed by atoms with Crippen molar-refractivity contribution in [1.82, 2.24) is 4.90 Å². The van der Waals surface area contributed by atoms with Crippen LogP contribution in [0, 0.1) is 11.8 Å². The molecular formula is C24H27NO2. The standard InChI is InChI=1S/C24H27NO2/c1-3-11-19-16-20(4-2)24(21-14-9-6-10-15-21)25(23(19)26)22(17-27-24)18-12-7-5-8-13-18/h3,5-10,12-15,19-20,22H,1,4,11,16-17H2,2H3/t19-,20-,22+,24-/m1/s1. The molecule has 0 N–H and O–H groups in total. The Morgan fingerprint density at radius 2 is 1.81 bits per heavy atom. The van der Waals surface area contributed by atoms with E-state index in [9.17, 15) is 4.79 Å². The molecule has 2 aromatic carbocycles. The van der Waals surface area contributed by atoms with E-state index < -0.39 is 5.72 Å². The number of fused-ring (bicyclic) bond motifs is 1. The van der Waals surface area contributed by atoms with Crippen LogP contribution in [-0.4, -0.2) is 17.4 Å². The average Bonchev–Trinajstić information content (AvgIpc) is 3.14. The smallest absolute Gasteiger partial charge is 0.229 e. The van der Waals surface area contributed by atoms with E-state index in [0.29, 0.717) is 6.61 Å². The molecule has 0 aliphatic carbocycles. The summed E-state index contributed by atoms with van der Waals surface area (Å²) in [4.78, 5) is 15.7. The van der Waals surface area contributed by atoms with Gasteiger partial charge < -0.3 is 9.64 Å². The van der Waals surface area contributed by atoms with Gasteiger partial charge in [-0.1, -0.05) is 73.7 Å². The minimum Gasteiger partial charge on any atom is -0.348 e. The fourth-order valence-electron chi connectivity index (χ4n) is 4.91. The summed E-state index contributed by atoms with van der Waals surface area (Å²) in [6.07, 6.45) is 4.40. The van der Waals surface area contributed by atoms with Crippen LogP contribution in [0.2, 0.25) is 0 Å². The van der Waals surface area contributed by atoms with Gasteiger partial charge in [-0.05, 0) is 24.8 Å². The van der Waals surface area contributed by atoms with Gasteiger partial charge in [0.05, 0.1) is 12.6 Å². The van der Waals surface area contributed by atoms with Gasteiger partial charge in [0.25, 0.3) is 0 Å². The van der Waals surface area contributed by atoms with Crippen LogP contribution < -0.4 is 0 Å². The lowest BCUT2D eigenvalue weighted by molar-refractivity contribution is -0.189. The highest BCUT2D eigenvalue weighted by Gasteiger charge is 2.59. The molecule has 3 nitrogen and oxygen atoms in total. The first kappa shape index (κ1) is 18.0. The third-order valence-corrected chi connectivity index (χ3v) is 6.16. The predicted molar refractivity (Wildman–Crippen MR) is 107 cm³/mol. The molecule has 0 radical (unpaired) electrons. The Balaban J connectivity index is 1.86. The second-order valence-electron chi connectivity index (χ2n) is 7.57. The topological polar surface area (TPSA) is 29.5 Å². The quantitative estimate of drug-likeness (QED) is 0.697. The van der Waals surface area contributed by atoms with Crippen LogP contribution >= 0.6 is 0 Å². The average molecular weight is 361 g/mol. The Kier molecular flexibility index (Phi) is 4.88. The molecule has 4 atom stereocenters. The number of amides is 1. The van der Waals surface area contributed by atoms with E-state index in [2.05, 4.69) is 42.7 Å². The van der Waals surface area contributed by atoms with Crippen molar-refractivity contribution in [1.29, 1.82) is 0 Å². The van der Waals surface area contributed by atoms with Gasteiger partial charge in [0.1, 0.15) is 0 Å². The first-order chi connectivity index (χ1) is 13.2. The fourth-order valence-corrected chi connectivity index (χ4v) is 4.91. The maximum absolute atomic E-state index is 13.6. The molecule has 2 heterocycles. The van der Waals surface area contributed by atoms with Crippen molar-refractivity contribution in [3.8, 4) is 0 Å². The zero-order chi connectivity index (χ0) is 18.9.